The summed E-state index contributed by atoms with van der Waals surface area (Å²) in [5.74, 6) is -0.305. The number of anilines is 1. The summed E-state index contributed by atoms with van der Waals surface area (Å²) in [7, 11) is 0. The van der Waals surface area contributed by atoms with Gasteiger partial charge in [-0.2, -0.15) is 5.26 Å². The van der Waals surface area contributed by atoms with Crippen LogP contribution in [0.25, 0.3) is 0 Å². The quantitative estimate of drug-likeness (QED) is 0.675. The van der Waals surface area contributed by atoms with Crippen LogP contribution in [-0.4, -0.2) is 36.4 Å². The van der Waals surface area contributed by atoms with Crippen molar-refractivity contribution < 1.29 is 14.3 Å². The summed E-state index contributed by atoms with van der Waals surface area (Å²) in [6.45, 7) is 6.29. The second-order valence-corrected chi connectivity index (χ2v) is 7.63. The second-order valence-electron chi connectivity index (χ2n) is 5.76. The molecule has 9 heteroatoms. The van der Waals surface area contributed by atoms with Gasteiger partial charge in [0.1, 0.15) is 16.8 Å². The molecule has 0 aliphatic heterocycles. The maximum absolute atomic E-state index is 12.6. The lowest BCUT2D eigenvalue weighted by Crippen LogP contribution is -2.30. The van der Waals surface area contributed by atoms with Crippen molar-refractivity contribution in [1.29, 1.82) is 5.26 Å². The minimum atomic E-state index is -0.467. The molecule has 0 fully saturated rings. The van der Waals surface area contributed by atoms with E-state index in [0.717, 1.165) is 11.3 Å². The third kappa shape index (κ3) is 4.96. The van der Waals surface area contributed by atoms with Crippen LogP contribution < -0.4 is 10.1 Å². The molecule has 1 aromatic heterocycles. The number of thiophene rings is 1. The Bertz CT molecular complexity index is 933. The SMILES string of the molecule is CCN(CC)C(=O)c1sc(NC(=O)COc2ccc(Cl)cc2Cl)c(C#N)c1C. The average molecular weight is 440 g/mol. The number of hydrogen-bond acceptors (Lipinski definition) is 5. The number of benzene rings is 1. The molecule has 0 saturated heterocycles. The monoisotopic (exact) mass is 439 g/mol. The van der Waals surface area contributed by atoms with Crippen LogP contribution in [0, 0.1) is 18.3 Å². The molecular formula is C19H19Cl2N3O3S. The summed E-state index contributed by atoms with van der Waals surface area (Å²) in [6, 6.07) is 6.73. The first-order chi connectivity index (χ1) is 13.3. The molecule has 1 N–H and O–H groups in total. The number of carbonyl (C=O) groups is 2. The summed E-state index contributed by atoms with van der Waals surface area (Å²) >= 11 is 12.9. The van der Waals surface area contributed by atoms with Gasteiger partial charge in [0, 0.05) is 18.1 Å². The van der Waals surface area contributed by atoms with Crippen LogP contribution in [0.5, 0.6) is 5.75 Å². The Labute approximate surface area is 177 Å². The first-order valence-corrected chi connectivity index (χ1v) is 10.1. The number of nitriles is 1. The van der Waals surface area contributed by atoms with E-state index in [1.165, 1.54) is 6.07 Å². The summed E-state index contributed by atoms with van der Waals surface area (Å²) < 4.78 is 5.40. The van der Waals surface area contributed by atoms with Gasteiger partial charge in [-0.05, 0) is 44.5 Å². The number of nitrogens with zero attached hydrogens (tertiary/aromatic N) is 2. The molecule has 0 atom stereocenters. The minimum absolute atomic E-state index is 0.159. The smallest absolute Gasteiger partial charge is 0.264 e. The minimum Gasteiger partial charge on any atom is -0.482 e. The zero-order valence-corrected chi connectivity index (χ0v) is 18.0. The molecule has 0 aliphatic carbocycles. The number of amides is 2. The van der Waals surface area contributed by atoms with Crippen molar-refractivity contribution in [3.63, 3.8) is 0 Å². The number of rotatable bonds is 7. The lowest BCUT2D eigenvalue weighted by Gasteiger charge is -2.17. The molecule has 0 spiro atoms. The molecule has 2 aromatic rings. The first kappa shape index (κ1) is 22.0. The molecule has 2 rings (SSSR count). The van der Waals surface area contributed by atoms with Crippen molar-refractivity contribution in [3.8, 4) is 11.8 Å². The highest BCUT2D eigenvalue weighted by Crippen LogP contribution is 2.33. The van der Waals surface area contributed by atoms with Crippen LogP contribution >= 0.6 is 34.5 Å². The van der Waals surface area contributed by atoms with Crippen molar-refractivity contribution in [2.45, 2.75) is 20.8 Å². The van der Waals surface area contributed by atoms with E-state index in [-0.39, 0.29) is 23.1 Å². The van der Waals surface area contributed by atoms with Crippen LogP contribution in [0.15, 0.2) is 18.2 Å². The molecule has 1 aromatic carbocycles. The third-order valence-electron chi connectivity index (χ3n) is 4.01. The van der Waals surface area contributed by atoms with Gasteiger partial charge in [-0.1, -0.05) is 23.2 Å². The van der Waals surface area contributed by atoms with Crippen LogP contribution in [0.3, 0.4) is 0 Å². The number of halogens is 2. The molecule has 148 valence electrons. The molecule has 0 aliphatic rings. The van der Waals surface area contributed by atoms with Crippen LogP contribution in [0.4, 0.5) is 5.00 Å². The molecule has 0 radical (unpaired) electrons. The van der Waals surface area contributed by atoms with E-state index in [4.69, 9.17) is 27.9 Å². The van der Waals surface area contributed by atoms with Gasteiger partial charge in [-0.15, -0.1) is 11.3 Å². The van der Waals surface area contributed by atoms with Gasteiger partial charge in [0.25, 0.3) is 11.8 Å². The fraction of sp³-hybridized carbons (Fsp3) is 0.316. The topological polar surface area (TPSA) is 82.4 Å². The van der Waals surface area contributed by atoms with E-state index in [0.29, 0.717) is 39.3 Å². The van der Waals surface area contributed by atoms with Gasteiger partial charge in [0.2, 0.25) is 0 Å². The molecule has 0 saturated carbocycles. The Kier molecular flexibility index (Phi) is 7.69. The number of nitrogens with one attached hydrogen (secondary N) is 1. The molecule has 2 amide bonds. The lowest BCUT2D eigenvalue weighted by atomic mass is 10.1. The van der Waals surface area contributed by atoms with Crippen molar-refractivity contribution in [3.05, 3.63) is 44.2 Å². The Morgan fingerprint density at radius 3 is 2.54 bits per heavy atom. The van der Waals surface area contributed by atoms with Gasteiger partial charge in [0.15, 0.2) is 6.61 Å². The lowest BCUT2D eigenvalue weighted by molar-refractivity contribution is -0.118. The van der Waals surface area contributed by atoms with Crippen molar-refractivity contribution in [2.75, 3.05) is 25.0 Å². The van der Waals surface area contributed by atoms with Crippen LogP contribution in [0.2, 0.25) is 10.0 Å². The van der Waals surface area contributed by atoms with E-state index in [1.54, 1.807) is 24.0 Å². The summed E-state index contributed by atoms with van der Waals surface area (Å²) in [4.78, 5) is 27.0. The van der Waals surface area contributed by atoms with Gasteiger partial charge in [0.05, 0.1) is 15.5 Å². The summed E-state index contributed by atoms with van der Waals surface area (Å²) in [6.07, 6.45) is 0. The van der Waals surface area contributed by atoms with Crippen molar-refractivity contribution >= 4 is 51.4 Å². The molecule has 6 nitrogen and oxygen atoms in total. The Balaban J connectivity index is 2.14. The van der Waals surface area contributed by atoms with Gasteiger partial charge < -0.3 is 15.0 Å². The maximum atomic E-state index is 12.6. The van der Waals surface area contributed by atoms with E-state index in [9.17, 15) is 14.9 Å². The summed E-state index contributed by atoms with van der Waals surface area (Å²) in [5, 5.41) is 13.2. The van der Waals surface area contributed by atoms with Crippen LogP contribution in [-0.2, 0) is 4.79 Å². The zero-order valence-electron chi connectivity index (χ0n) is 15.6. The Hall–Kier alpha value is -2.27. The predicted octanol–water partition coefficient (Wildman–Crippen LogP) is 4.73. The van der Waals surface area contributed by atoms with E-state index >= 15 is 0 Å². The van der Waals surface area contributed by atoms with E-state index < -0.39 is 5.91 Å². The number of carbonyl (C=O) groups excluding carboxylic acids is 2. The normalized spacial score (nSPS) is 10.3. The number of hydrogen-bond donors (Lipinski definition) is 1. The third-order valence-corrected chi connectivity index (χ3v) is 5.73. The Morgan fingerprint density at radius 1 is 1.29 bits per heavy atom. The molecule has 0 unspecified atom stereocenters. The van der Waals surface area contributed by atoms with E-state index in [1.807, 2.05) is 13.8 Å². The van der Waals surface area contributed by atoms with Gasteiger partial charge in [-0.3, -0.25) is 9.59 Å². The van der Waals surface area contributed by atoms with Crippen molar-refractivity contribution in [1.82, 2.24) is 4.90 Å². The largest absolute Gasteiger partial charge is 0.482 e. The van der Waals surface area contributed by atoms with Gasteiger partial charge >= 0.3 is 0 Å². The fourth-order valence-corrected chi connectivity index (χ4v) is 4.10. The first-order valence-electron chi connectivity index (χ1n) is 8.52. The van der Waals surface area contributed by atoms with Gasteiger partial charge in [-0.25, -0.2) is 0 Å². The highest BCUT2D eigenvalue weighted by molar-refractivity contribution is 7.18. The molecule has 1 heterocycles. The average Bonchev–Trinajstić information content (AvgIpc) is 2.97. The van der Waals surface area contributed by atoms with Crippen molar-refractivity contribution in [2.24, 2.45) is 0 Å². The number of ether oxygens (including phenoxy) is 1. The fourth-order valence-electron chi connectivity index (χ4n) is 2.49. The highest BCUT2D eigenvalue weighted by Gasteiger charge is 2.24. The second kappa shape index (κ2) is 9.78. The van der Waals surface area contributed by atoms with Crippen LogP contribution in [0.1, 0.15) is 34.6 Å². The maximum Gasteiger partial charge on any atom is 0.264 e. The zero-order chi connectivity index (χ0) is 20.8. The molecule has 0 bridgehead atoms. The Morgan fingerprint density at radius 2 is 1.96 bits per heavy atom. The standard InChI is InChI=1S/C19H19Cl2N3O3S/c1-4-24(5-2)19(26)17-11(3)13(9-22)18(28-17)23-16(25)10-27-15-7-6-12(20)8-14(15)21/h6-8H,4-5,10H2,1-3H3,(H,23,25). The predicted molar refractivity (Wildman–Crippen MR) is 112 cm³/mol. The summed E-state index contributed by atoms with van der Waals surface area (Å²) in [5.41, 5.74) is 0.833. The molecular weight excluding hydrogens is 421 g/mol. The molecule has 28 heavy (non-hydrogen) atoms. The van der Waals surface area contributed by atoms with E-state index in [2.05, 4.69) is 11.4 Å². The highest BCUT2D eigenvalue weighted by atomic mass is 35.5.